The van der Waals surface area contributed by atoms with E-state index in [2.05, 4.69) is 5.32 Å². The molecule has 0 fully saturated rings. The highest BCUT2D eigenvalue weighted by atomic mass is 32.2. The second-order valence-electron chi connectivity index (χ2n) is 5.75. The van der Waals surface area contributed by atoms with Gasteiger partial charge in [-0.15, -0.1) is 0 Å². The molecule has 0 aliphatic carbocycles. The van der Waals surface area contributed by atoms with E-state index >= 15 is 0 Å². The number of rotatable bonds is 7. The van der Waals surface area contributed by atoms with E-state index in [1.807, 2.05) is 0 Å². The zero-order chi connectivity index (χ0) is 17.8. The first-order valence-corrected chi connectivity index (χ1v) is 9.29. The lowest BCUT2D eigenvalue weighted by Crippen LogP contribution is -2.38. The zero-order valence-corrected chi connectivity index (χ0v) is 14.5. The van der Waals surface area contributed by atoms with Gasteiger partial charge in [-0.1, -0.05) is 19.1 Å². The van der Waals surface area contributed by atoms with Crippen LogP contribution in [0.25, 0.3) is 0 Å². The molecule has 0 saturated carbocycles. The number of hydrogen-bond donors (Lipinski definition) is 2. The summed E-state index contributed by atoms with van der Waals surface area (Å²) < 4.78 is 29.8. The first kappa shape index (κ1) is 18.2. The second-order valence-corrected chi connectivity index (χ2v) is 7.83. The van der Waals surface area contributed by atoms with E-state index in [-0.39, 0.29) is 22.8 Å². The number of carbonyl (C=O) groups excluding carboxylic acids is 1. The normalized spacial score (nSPS) is 14.1. The summed E-state index contributed by atoms with van der Waals surface area (Å²) in [7, 11) is -3.52. The summed E-state index contributed by atoms with van der Waals surface area (Å²) in [6.07, 6.45) is 1.89. The van der Waals surface area contributed by atoms with Crippen molar-refractivity contribution < 1.29 is 22.7 Å². The lowest BCUT2D eigenvalue weighted by molar-refractivity contribution is 0.0330. The summed E-state index contributed by atoms with van der Waals surface area (Å²) in [5.74, 6) is -0.270. The fourth-order valence-corrected chi connectivity index (χ4v) is 3.86. The van der Waals surface area contributed by atoms with E-state index in [4.69, 9.17) is 4.42 Å². The van der Waals surface area contributed by atoms with Crippen molar-refractivity contribution in [3.8, 4) is 0 Å². The molecule has 0 bridgehead atoms. The minimum absolute atomic E-state index is 0.00184. The van der Waals surface area contributed by atoms with Gasteiger partial charge in [0.25, 0.3) is 5.91 Å². The highest BCUT2D eigenvalue weighted by molar-refractivity contribution is 7.91. The fourth-order valence-electron chi connectivity index (χ4n) is 2.32. The van der Waals surface area contributed by atoms with Crippen LogP contribution in [0, 0.1) is 0 Å². The number of furan rings is 1. The van der Waals surface area contributed by atoms with Gasteiger partial charge in [-0.25, -0.2) is 8.42 Å². The predicted molar refractivity (Wildman–Crippen MR) is 89.4 cm³/mol. The lowest BCUT2D eigenvalue weighted by atomic mass is 10.0. The van der Waals surface area contributed by atoms with Crippen molar-refractivity contribution in [3.05, 3.63) is 54.0 Å². The molecular weight excluding hydrogens is 330 g/mol. The molecule has 2 N–H and O–H groups in total. The molecule has 1 aromatic heterocycles. The van der Waals surface area contributed by atoms with Gasteiger partial charge in [-0.05, 0) is 37.6 Å². The maximum atomic E-state index is 12.4. The maximum Gasteiger partial charge on any atom is 0.252 e. The van der Waals surface area contributed by atoms with E-state index in [9.17, 15) is 18.3 Å². The van der Waals surface area contributed by atoms with Crippen molar-refractivity contribution >= 4 is 15.7 Å². The molecule has 24 heavy (non-hydrogen) atoms. The topological polar surface area (TPSA) is 96.6 Å². The quantitative estimate of drug-likeness (QED) is 0.796. The van der Waals surface area contributed by atoms with Gasteiger partial charge in [0, 0.05) is 0 Å². The molecule has 2 aromatic rings. The van der Waals surface area contributed by atoms with Crippen molar-refractivity contribution in [2.24, 2.45) is 0 Å². The van der Waals surface area contributed by atoms with Crippen LogP contribution in [0.15, 0.2) is 52.0 Å². The van der Waals surface area contributed by atoms with Crippen molar-refractivity contribution in [2.75, 3.05) is 12.3 Å². The van der Waals surface area contributed by atoms with Crippen LogP contribution in [0.5, 0.6) is 0 Å². The fraction of sp³-hybridized carbons (Fsp3) is 0.353. The third-order valence-electron chi connectivity index (χ3n) is 3.58. The summed E-state index contributed by atoms with van der Waals surface area (Å²) in [6.45, 7) is 3.16. The van der Waals surface area contributed by atoms with E-state index in [1.165, 1.54) is 25.3 Å². The monoisotopic (exact) mass is 351 g/mol. The molecule has 6 nitrogen and oxygen atoms in total. The van der Waals surface area contributed by atoms with Gasteiger partial charge < -0.3 is 14.8 Å². The average Bonchev–Trinajstić information content (AvgIpc) is 3.08. The van der Waals surface area contributed by atoms with Crippen molar-refractivity contribution in [1.82, 2.24) is 5.32 Å². The Morgan fingerprint density at radius 3 is 2.58 bits per heavy atom. The highest BCUT2D eigenvalue weighted by Gasteiger charge is 2.28. The molecule has 7 heteroatoms. The third-order valence-corrected chi connectivity index (χ3v) is 5.56. The van der Waals surface area contributed by atoms with Crippen LogP contribution in [0.1, 0.15) is 36.4 Å². The summed E-state index contributed by atoms with van der Waals surface area (Å²) in [6, 6.07) is 9.30. The standard InChI is InChI=1S/C17H21NO5S/c1-3-11-24(21,22)14-8-5-4-7-13(14)16(19)18-12-17(2,20)15-9-6-10-23-15/h4-10,20H,3,11-12H2,1-2H3,(H,18,19)/t17-/m1/s1. The molecule has 0 unspecified atom stereocenters. The number of benzene rings is 1. The number of aliphatic hydroxyl groups is 1. The summed E-state index contributed by atoms with van der Waals surface area (Å²) in [5.41, 5.74) is -1.32. The second kappa shape index (κ2) is 7.19. The van der Waals surface area contributed by atoms with Crippen LogP contribution in [-0.4, -0.2) is 31.7 Å². The molecule has 1 atom stereocenters. The van der Waals surface area contributed by atoms with Crippen molar-refractivity contribution in [1.29, 1.82) is 0 Å². The van der Waals surface area contributed by atoms with Crippen molar-refractivity contribution in [2.45, 2.75) is 30.8 Å². The number of hydrogen-bond acceptors (Lipinski definition) is 5. The first-order chi connectivity index (χ1) is 11.3. The lowest BCUT2D eigenvalue weighted by Gasteiger charge is -2.21. The Hall–Kier alpha value is -2.12. The average molecular weight is 351 g/mol. The molecule has 2 rings (SSSR count). The molecular formula is C17H21NO5S. The highest BCUT2D eigenvalue weighted by Crippen LogP contribution is 2.21. The van der Waals surface area contributed by atoms with Crippen LogP contribution < -0.4 is 5.32 Å². The van der Waals surface area contributed by atoms with Gasteiger partial charge in [0.1, 0.15) is 11.4 Å². The Labute approximate surface area is 141 Å². The van der Waals surface area contributed by atoms with Crippen molar-refractivity contribution in [3.63, 3.8) is 0 Å². The minimum atomic E-state index is -3.52. The molecule has 1 aromatic carbocycles. The smallest absolute Gasteiger partial charge is 0.252 e. The van der Waals surface area contributed by atoms with Gasteiger partial charge in [0.2, 0.25) is 0 Å². The number of amides is 1. The van der Waals surface area contributed by atoms with Gasteiger partial charge in [0.05, 0.1) is 29.0 Å². The Morgan fingerprint density at radius 2 is 1.96 bits per heavy atom. The Kier molecular flexibility index (Phi) is 5.46. The number of sulfone groups is 1. The van der Waals surface area contributed by atoms with Gasteiger partial charge >= 0.3 is 0 Å². The van der Waals surface area contributed by atoms with E-state index in [1.54, 1.807) is 31.2 Å². The first-order valence-electron chi connectivity index (χ1n) is 7.64. The molecule has 0 aliphatic heterocycles. The van der Waals surface area contributed by atoms with Crippen LogP contribution in [0.3, 0.4) is 0 Å². The van der Waals surface area contributed by atoms with Crippen LogP contribution in [0.2, 0.25) is 0 Å². The number of nitrogens with one attached hydrogen (secondary N) is 1. The van der Waals surface area contributed by atoms with Crippen LogP contribution in [-0.2, 0) is 15.4 Å². The Balaban J connectivity index is 2.19. The van der Waals surface area contributed by atoms with E-state index in [0.29, 0.717) is 12.2 Å². The SMILES string of the molecule is CCCS(=O)(=O)c1ccccc1C(=O)NC[C@@](C)(O)c1ccco1. The molecule has 0 aliphatic rings. The van der Waals surface area contributed by atoms with E-state index in [0.717, 1.165) is 0 Å². The maximum absolute atomic E-state index is 12.4. The molecule has 1 amide bonds. The van der Waals surface area contributed by atoms with E-state index < -0.39 is 21.3 Å². The Morgan fingerprint density at radius 1 is 1.25 bits per heavy atom. The predicted octanol–water partition coefficient (Wildman–Crippen LogP) is 2.10. The third kappa shape index (κ3) is 4.04. The van der Waals surface area contributed by atoms with Crippen LogP contribution in [0.4, 0.5) is 0 Å². The molecule has 0 radical (unpaired) electrons. The molecule has 1 heterocycles. The minimum Gasteiger partial charge on any atom is -0.466 e. The Bertz CT molecular complexity index is 794. The molecule has 0 spiro atoms. The number of carbonyl (C=O) groups is 1. The van der Waals surface area contributed by atoms with Gasteiger partial charge in [-0.2, -0.15) is 0 Å². The largest absolute Gasteiger partial charge is 0.466 e. The molecule has 0 saturated heterocycles. The summed E-state index contributed by atoms with van der Waals surface area (Å²) >= 11 is 0. The summed E-state index contributed by atoms with van der Waals surface area (Å²) in [5, 5.41) is 12.9. The van der Waals surface area contributed by atoms with Gasteiger partial charge in [0.15, 0.2) is 9.84 Å². The zero-order valence-electron chi connectivity index (χ0n) is 13.7. The summed E-state index contributed by atoms with van der Waals surface area (Å²) in [4.78, 5) is 12.4. The molecule has 130 valence electrons. The van der Waals surface area contributed by atoms with Gasteiger partial charge in [-0.3, -0.25) is 4.79 Å². The van der Waals surface area contributed by atoms with Crippen LogP contribution >= 0.6 is 0 Å².